The van der Waals surface area contributed by atoms with E-state index in [1.54, 1.807) is 4.90 Å². The minimum atomic E-state index is -0.505. The molecule has 1 heterocycles. The molecule has 1 rings (SSSR count). The van der Waals surface area contributed by atoms with Crippen molar-refractivity contribution in [3.63, 3.8) is 0 Å². The molecular weight excluding hydrogens is 380 g/mol. The summed E-state index contributed by atoms with van der Waals surface area (Å²) in [6, 6.07) is 0. The van der Waals surface area contributed by atoms with Crippen LogP contribution in [0, 0.1) is 5.41 Å². The molecule has 0 spiro atoms. The molecule has 0 N–H and O–H groups in total. The van der Waals surface area contributed by atoms with Gasteiger partial charge < -0.3 is 4.74 Å². The van der Waals surface area contributed by atoms with Crippen LogP contribution in [0.15, 0.2) is 27.4 Å². The van der Waals surface area contributed by atoms with Crippen LogP contribution in [-0.2, 0) is 4.74 Å². The molecule has 0 radical (unpaired) electrons. The molecule has 1 aliphatic heterocycles. The normalized spacial score (nSPS) is 22.2. The number of rotatable bonds is 3. The number of allylic oxidation sites excluding steroid dienone is 3. The van der Waals surface area contributed by atoms with Crippen LogP contribution in [0.1, 0.15) is 74.1 Å². The van der Waals surface area contributed by atoms with Gasteiger partial charge in [0.05, 0.1) is 0 Å². The van der Waals surface area contributed by atoms with Gasteiger partial charge in [0.25, 0.3) is 0 Å². The van der Waals surface area contributed by atoms with Crippen molar-refractivity contribution in [3.05, 3.63) is 22.5 Å². The number of carbonyl (C=O) groups excluding carboxylic acids is 1. The molecule has 0 aromatic rings. The molecule has 1 aliphatic rings. The third-order valence-electron chi connectivity index (χ3n) is 3.81. The monoisotopic (exact) mass is 412 g/mol. The van der Waals surface area contributed by atoms with Crippen LogP contribution < -0.4 is 0 Å². The van der Waals surface area contributed by atoms with Crippen molar-refractivity contribution in [2.24, 2.45) is 10.4 Å². The second kappa shape index (κ2) is 9.02. The Balaban J connectivity index is 3.12. The van der Waals surface area contributed by atoms with Gasteiger partial charge in [-0.2, -0.15) is 0 Å². The van der Waals surface area contributed by atoms with E-state index < -0.39 is 5.60 Å². The van der Waals surface area contributed by atoms with Gasteiger partial charge in [-0.1, -0.05) is 39.3 Å². The topological polar surface area (TPSA) is 41.9 Å². The fraction of sp³-hybridized carbons (Fsp3) is 0.700. The van der Waals surface area contributed by atoms with E-state index in [1.807, 2.05) is 33.8 Å². The van der Waals surface area contributed by atoms with Crippen LogP contribution >= 0.6 is 15.9 Å². The van der Waals surface area contributed by atoms with E-state index >= 15 is 0 Å². The van der Waals surface area contributed by atoms with Crippen molar-refractivity contribution in [2.75, 3.05) is 6.54 Å². The van der Waals surface area contributed by atoms with Crippen molar-refractivity contribution in [3.8, 4) is 0 Å². The maximum absolute atomic E-state index is 12.7. The van der Waals surface area contributed by atoms with Gasteiger partial charge in [0.15, 0.2) is 0 Å². The summed E-state index contributed by atoms with van der Waals surface area (Å²) in [4.78, 5) is 19.2. The molecule has 5 heteroatoms. The number of ether oxygens (including phenoxy) is 1. The minimum Gasteiger partial charge on any atom is -0.443 e. The molecule has 0 aromatic heterocycles. The van der Waals surface area contributed by atoms with Gasteiger partial charge in [-0.15, -0.1) is 0 Å². The lowest BCUT2D eigenvalue weighted by atomic mass is 9.87. The van der Waals surface area contributed by atoms with Crippen LogP contribution in [0.4, 0.5) is 4.79 Å². The molecule has 0 aromatic carbocycles. The number of amides is 1. The zero-order valence-corrected chi connectivity index (χ0v) is 18.4. The van der Waals surface area contributed by atoms with E-state index in [0.717, 1.165) is 35.3 Å². The van der Waals surface area contributed by atoms with Crippen LogP contribution in [0.2, 0.25) is 0 Å². The molecule has 142 valence electrons. The van der Waals surface area contributed by atoms with Gasteiger partial charge in [-0.3, -0.25) is 9.89 Å². The summed E-state index contributed by atoms with van der Waals surface area (Å²) < 4.78 is 6.49. The van der Waals surface area contributed by atoms with Crippen LogP contribution in [0.25, 0.3) is 0 Å². The van der Waals surface area contributed by atoms with Crippen molar-refractivity contribution in [1.82, 2.24) is 4.90 Å². The zero-order valence-electron chi connectivity index (χ0n) is 16.8. The highest BCUT2D eigenvalue weighted by atomic mass is 79.9. The number of hydrogen-bond acceptors (Lipinski definition) is 3. The van der Waals surface area contributed by atoms with Crippen molar-refractivity contribution in [2.45, 2.75) is 79.8 Å². The predicted molar refractivity (Wildman–Crippen MR) is 109 cm³/mol. The van der Waals surface area contributed by atoms with Crippen molar-refractivity contribution < 1.29 is 9.53 Å². The molecule has 0 saturated carbocycles. The average Bonchev–Trinajstić information content (AvgIpc) is 2.58. The van der Waals surface area contributed by atoms with Gasteiger partial charge in [0.2, 0.25) is 0 Å². The molecule has 0 atom stereocenters. The summed E-state index contributed by atoms with van der Waals surface area (Å²) in [6.07, 6.45) is 7.42. The Hall–Kier alpha value is -1.10. The predicted octanol–water partition coefficient (Wildman–Crippen LogP) is 6.42. The minimum absolute atomic E-state index is 0.0709. The molecule has 0 bridgehead atoms. The number of nitrogens with zero attached hydrogens (tertiary/aromatic N) is 2. The summed E-state index contributed by atoms with van der Waals surface area (Å²) in [6.45, 7) is 14.8. The molecule has 4 nitrogen and oxygen atoms in total. The second-order valence-corrected chi connectivity index (χ2v) is 9.17. The average molecular weight is 413 g/mol. The van der Waals surface area contributed by atoms with Crippen molar-refractivity contribution in [1.29, 1.82) is 0 Å². The standard InChI is InChI=1S/C20H33BrN2O2/c1-8-10-11-17(21)22-15-12-16(9-2)23(14-20(6,7)13-15)18(24)25-19(3,4)5/h9,11H,8,10,12-14H2,1-7H3/b16-9+,17-11-,22-15+. The summed E-state index contributed by atoms with van der Waals surface area (Å²) in [7, 11) is 0. The third-order valence-corrected chi connectivity index (χ3v) is 4.32. The van der Waals surface area contributed by atoms with Gasteiger partial charge in [0.1, 0.15) is 10.2 Å². The zero-order chi connectivity index (χ0) is 19.3. The van der Waals surface area contributed by atoms with Gasteiger partial charge in [0, 0.05) is 24.4 Å². The van der Waals surface area contributed by atoms with Crippen LogP contribution in [-0.4, -0.2) is 28.9 Å². The smallest absolute Gasteiger partial charge is 0.414 e. The lowest BCUT2D eigenvalue weighted by molar-refractivity contribution is 0.0262. The molecule has 1 fully saturated rings. The number of likely N-dealkylation sites (tertiary alicyclic amines) is 1. The highest BCUT2D eigenvalue weighted by Gasteiger charge is 2.34. The molecular formula is C20H33BrN2O2. The van der Waals surface area contributed by atoms with E-state index in [2.05, 4.69) is 42.8 Å². The Morgan fingerprint density at radius 3 is 2.56 bits per heavy atom. The van der Waals surface area contributed by atoms with E-state index in [-0.39, 0.29) is 11.5 Å². The first-order valence-corrected chi connectivity index (χ1v) is 9.84. The summed E-state index contributed by atoms with van der Waals surface area (Å²) in [5.41, 5.74) is 1.46. The number of unbranched alkanes of at least 4 members (excludes halogenated alkanes) is 1. The lowest BCUT2D eigenvalue weighted by Crippen LogP contribution is -2.40. The molecule has 25 heavy (non-hydrogen) atoms. The molecule has 1 saturated heterocycles. The summed E-state index contributed by atoms with van der Waals surface area (Å²) >= 11 is 3.55. The Morgan fingerprint density at radius 2 is 2.04 bits per heavy atom. The quantitative estimate of drug-likeness (QED) is 0.501. The van der Waals surface area contributed by atoms with Gasteiger partial charge in [-0.05, 0) is 61.9 Å². The highest BCUT2D eigenvalue weighted by molar-refractivity contribution is 9.11. The number of carbonyl (C=O) groups is 1. The van der Waals surface area contributed by atoms with Crippen LogP contribution in [0.3, 0.4) is 0 Å². The highest BCUT2D eigenvalue weighted by Crippen LogP contribution is 2.33. The molecule has 0 aliphatic carbocycles. The maximum atomic E-state index is 12.7. The second-order valence-electron chi connectivity index (χ2n) is 8.36. The SMILES string of the molecule is C/C=C1\C/C(=N\C(Br)=C/CCC)CC(C)(C)CN1C(=O)OC(C)(C)C. The van der Waals surface area contributed by atoms with E-state index in [0.29, 0.717) is 13.0 Å². The molecule has 1 amide bonds. The first-order valence-electron chi connectivity index (χ1n) is 9.05. The Kier molecular flexibility index (Phi) is 7.91. The fourth-order valence-corrected chi connectivity index (χ4v) is 3.28. The third kappa shape index (κ3) is 7.76. The van der Waals surface area contributed by atoms with Gasteiger partial charge >= 0.3 is 6.09 Å². The van der Waals surface area contributed by atoms with Crippen molar-refractivity contribution >= 4 is 27.7 Å². The fourth-order valence-electron chi connectivity index (χ4n) is 2.80. The number of hydrogen-bond donors (Lipinski definition) is 0. The molecule has 0 unspecified atom stereocenters. The number of aliphatic imine (C=N–C) groups is 1. The Labute approximate surface area is 161 Å². The Morgan fingerprint density at radius 1 is 1.40 bits per heavy atom. The van der Waals surface area contributed by atoms with E-state index in [9.17, 15) is 4.79 Å². The summed E-state index contributed by atoms with van der Waals surface area (Å²) in [5, 5.41) is 0. The first-order chi connectivity index (χ1) is 11.5. The summed E-state index contributed by atoms with van der Waals surface area (Å²) in [5.74, 6) is 0. The van der Waals surface area contributed by atoms with Gasteiger partial charge in [-0.25, -0.2) is 4.79 Å². The van der Waals surface area contributed by atoms with E-state index in [4.69, 9.17) is 9.73 Å². The Bertz CT molecular complexity index is 569. The maximum Gasteiger partial charge on any atom is 0.414 e. The van der Waals surface area contributed by atoms with E-state index in [1.165, 1.54) is 0 Å². The lowest BCUT2D eigenvalue weighted by Gasteiger charge is -2.32. The van der Waals surface area contributed by atoms with Crippen LogP contribution in [0.5, 0.6) is 0 Å². The largest absolute Gasteiger partial charge is 0.443 e. The first kappa shape index (κ1) is 21.9. The number of halogens is 1.